The number of ether oxygens (including phenoxy) is 1. The summed E-state index contributed by atoms with van der Waals surface area (Å²) in [4.78, 5) is 11.7. The van der Waals surface area contributed by atoms with E-state index < -0.39 is 0 Å². The molecule has 1 saturated carbocycles. The van der Waals surface area contributed by atoms with Crippen LogP contribution >= 0.6 is 0 Å². The quantitative estimate of drug-likeness (QED) is 0.404. The van der Waals surface area contributed by atoms with E-state index in [1.54, 1.807) is 6.33 Å². The van der Waals surface area contributed by atoms with E-state index in [4.69, 9.17) is 10.5 Å². The summed E-state index contributed by atoms with van der Waals surface area (Å²) >= 11 is 0. The second kappa shape index (κ2) is 9.91. The molecule has 2 fully saturated rings. The van der Waals surface area contributed by atoms with Gasteiger partial charge in [-0.25, -0.2) is 9.97 Å². The molecule has 2 aromatic heterocycles. The van der Waals surface area contributed by atoms with Crippen LogP contribution in [0.3, 0.4) is 0 Å². The first kappa shape index (κ1) is 23.0. The first-order valence-corrected chi connectivity index (χ1v) is 13.1. The van der Waals surface area contributed by atoms with Crippen molar-refractivity contribution in [2.24, 2.45) is 0 Å². The van der Waals surface area contributed by atoms with E-state index in [-0.39, 0.29) is 0 Å². The molecule has 0 bridgehead atoms. The summed E-state index contributed by atoms with van der Waals surface area (Å²) in [6.07, 6.45) is 8.57. The van der Waals surface area contributed by atoms with E-state index in [2.05, 4.69) is 50.0 Å². The van der Waals surface area contributed by atoms with Crippen LogP contribution in [0.25, 0.3) is 22.2 Å². The minimum absolute atomic E-state index is 0.424. The van der Waals surface area contributed by atoms with Crippen LogP contribution in [0.5, 0.6) is 11.5 Å². The highest BCUT2D eigenvalue weighted by atomic mass is 16.5. The van der Waals surface area contributed by atoms with Crippen LogP contribution in [0.4, 0.5) is 5.82 Å². The van der Waals surface area contributed by atoms with Crippen LogP contribution in [0, 0.1) is 0 Å². The zero-order valence-electron chi connectivity index (χ0n) is 20.8. The minimum Gasteiger partial charge on any atom is -0.457 e. The maximum absolute atomic E-state index is 6.40. The van der Waals surface area contributed by atoms with Crippen molar-refractivity contribution in [3.63, 3.8) is 0 Å². The van der Waals surface area contributed by atoms with Crippen LogP contribution in [-0.4, -0.2) is 51.2 Å². The lowest BCUT2D eigenvalue weighted by atomic mass is 9.89. The second-order valence-electron chi connectivity index (χ2n) is 10.2. The van der Waals surface area contributed by atoms with Gasteiger partial charge in [-0.2, -0.15) is 0 Å². The molecule has 4 aromatic rings. The summed E-state index contributed by atoms with van der Waals surface area (Å²) < 4.78 is 8.34. The molecule has 3 N–H and O–H groups in total. The van der Waals surface area contributed by atoms with Crippen LogP contribution < -0.4 is 15.8 Å². The van der Waals surface area contributed by atoms with Gasteiger partial charge < -0.3 is 20.4 Å². The number of anilines is 1. The van der Waals surface area contributed by atoms with Crippen molar-refractivity contribution in [1.29, 1.82) is 0 Å². The molecule has 0 spiro atoms. The molecule has 186 valence electrons. The van der Waals surface area contributed by atoms with Crippen molar-refractivity contribution in [3.05, 3.63) is 67.1 Å². The fourth-order valence-electron chi connectivity index (χ4n) is 5.93. The lowest BCUT2D eigenvalue weighted by Gasteiger charge is -2.41. The molecule has 2 aliphatic rings. The normalized spacial score (nSPS) is 23.1. The molecule has 3 heterocycles. The van der Waals surface area contributed by atoms with Gasteiger partial charge in [-0.1, -0.05) is 30.3 Å². The lowest BCUT2D eigenvalue weighted by Crippen LogP contribution is -2.53. The molecule has 36 heavy (non-hydrogen) atoms. The predicted molar refractivity (Wildman–Crippen MR) is 144 cm³/mol. The number of rotatable bonds is 5. The smallest absolute Gasteiger partial charge is 0.146 e. The molecule has 0 amide bonds. The Morgan fingerprint density at radius 3 is 2.39 bits per heavy atom. The number of nitrogen functional groups attached to an aromatic ring is 1. The third kappa shape index (κ3) is 4.56. The van der Waals surface area contributed by atoms with Gasteiger partial charge >= 0.3 is 0 Å². The number of nitrogens with two attached hydrogens (primary N) is 1. The number of hydrogen-bond donors (Lipinski definition) is 2. The van der Waals surface area contributed by atoms with Gasteiger partial charge in [-0.3, -0.25) is 4.90 Å². The third-order valence-corrected chi connectivity index (χ3v) is 7.76. The predicted octanol–water partition coefficient (Wildman–Crippen LogP) is 5.25. The highest BCUT2D eigenvalue weighted by molar-refractivity contribution is 6.00. The average Bonchev–Trinajstić information content (AvgIpc) is 3.31. The molecule has 1 aliphatic carbocycles. The maximum atomic E-state index is 6.40. The molecular formula is C29H34N6O. The molecule has 0 unspecified atom stereocenters. The Kier molecular flexibility index (Phi) is 6.34. The summed E-state index contributed by atoms with van der Waals surface area (Å²) in [5.41, 5.74) is 9.50. The second-order valence-corrected chi connectivity index (χ2v) is 10.2. The van der Waals surface area contributed by atoms with Gasteiger partial charge in [0.15, 0.2) is 0 Å². The Hall–Kier alpha value is -3.42. The average molecular weight is 483 g/mol. The van der Waals surface area contributed by atoms with Gasteiger partial charge in [0.1, 0.15) is 29.3 Å². The van der Waals surface area contributed by atoms with E-state index in [1.807, 2.05) is 42.5 Å². The van der Waals surface area contributed by atoms with E-state index in [0.29, 0.717) is 23.9 Å². The Labute approximate surface area is 212 Å². The van der Waals surface area contributed by atoms with Crippen LogP contribution in [-0.2, 0) is 0 Å². The van der Waals surface area contributed by atoms with Crippen molar-refractivity contribution in [2.75, 3.05) is 25.4 Å². The molecule has 7 heteroatoms. The van der Waals surface area contributed by atoms with Gasteiger partial charge in [0.25, 0.3) is 0 Å². The van der Waals surface area contributed by atoms with Crippen molar-refractivity contribution < 1.29 is 4.74 Å². The number of nitrogens with zero attached hydrogens (tertiary/aromatic N) is 4. The first-order chi connectivity index (χ1) is 17.7. The number of piperazine rings is 1. The van der Waals surface area contributed by atoms with Crippen molar-refractivity contribution in [1.82, 2.24) is 24.8 Å². The topological polar surface area (TPSA) is 81.2 Å². The van der Waals surface area contributed by atoms with Crippen molar-refractivity contribution in [3.8, 4) is 22.6 Å². The first-order valence-electron chi connectivity index (χ1n) is 13.1. The molecule has 1 saturated heterocycles. The van der Waals surface area contributed by atoms with Crippen LogP contribution in [0.2, 0.25) is 0 Å². The Balaban J connectivity index is 1.25. The molecular weight excluding hydrogens is 448 g/mol. The number of fused-ring (bicyclic) bond motifs is 1. The third-order valence-electron chi connectivity index (χ3n) is 7.76. The van der Waals surface area contributed by atoms with Gasteiger partial charge in [0.05, 0.1) is 5.39 Å². The SMILES string of the molecule is C[C@@H]1CN([C@H]2CC[C@@H](n3cc(-c4ccc(Oc5ccccc5)cc4)c4c(N)ncnc43)CC2)CCN1. The van der Waals surface area contributed by atoms with Gasteiger partial charge in [-0.05, 0) is 62.4 Å². The summed E-state index contributed by atoms with van der Waals surface area (Å²) in [5.74, 6) is 2.16. The highest BCUT2D eigenvalue weighted by Gasteiger charge is 2.30. The van der Waals surface area contributed by atoms with E-state index in [0.717, 1.165) is 66.1 Å². The molecule has 0 radical (unpaired) electrons. The van der Waals surface area contributed by atoms with Gasteiger partial charge in [-0.15, -0.1) is 0 Å². The summed E-state index contributed by atoms with van der Waals surface area (Å²) in [6, 6.07) is 19.7. The molecule has 2 aromatic carbocycles. The monoisotopic (exact) mass is 482 g/mol. The fourth-order valence-corrected chi connectivity index (χ4v) is 5.93. The van der Waals surface area contributed by atoms with Crippen LogP contribution in [0.15, 0.2) is 67.1 Å². The maximum Gasteiger partial charge on any atom is 0.146 e. The van der Waals surface area contributed by atoms with E-state index in [1.165, 1.54) is 12.8 Å². The summed E-state index contributed by atoms with van der Waals surface area (Å²) in [6.45, 7) is 5.69. The summed E-state index contributed by atoms with van der Waals surface area (Å²) in [5, 5.41) is 4.50. The highest BCUT2D eigenvalue weighted by Crippen LogP contribution is 2.39. The largest absolute Gasteiger partial charge is 0.457 e. The Morgan fingerprint density at radius 2 is 1.64 bits per heavy atom. The number of aromatic nitrogens is 3. The molecule has 1 aliphatic heterocycles. The van der Waals surface area contributed by atoms with Crippen molar-refractivity contribution in [2.45, 2.75) is 50.7 Å². The number of benzene rings is 2. The zero-order chi connectivity index (χ0) is 24.5. The molecule has 6 rings (SSSR count). The fraction of sp³-hybridized carbons (Fsp3) is 0.379. The number of para-hydroxylation sites is 1. The molecule has 7 nitrogen and oxygen atoms in total. The Bertz CT molecular complexity index is 1310. The standard InChI is InChI=1S/C29H34N6O/c1-20-17-34(16-15-31-20)22-9-11-23(12-10-22)35-18-26(27-28(30)32-19-33-29(27)35)21-7-13-25(14-8-21)36-24-5-3-2-4-6-24/h2-8,13-14,18-20,22-23,31H,9-12,15-17H2,1H3,(H2,30,32,33)/t20-,22-,23+/m1/s1. The van der Waals surface area contributed by atoms with E-state index >= 15 is 0 Å². The van der Waals surface area contributed by atoms with Gasteiger partial charge in [0, 0.05) is 49.5 Å². The molecule has 1 atom stereocenters. The lowest BCUT2D eigenvalue weighted by molar-refractivity contribution is 0.107. The Morgan fingerprint density at radius 1 is 0.917 bits per heavy atom. The zero-order valence-corrected chi connectivity index (χ0v) is 20.8. The van der Waals surface area contributed by atoms with Crippen LogP contribution in [0.1, 0.15) is 38.6 Å². The minimum atomic E-state index is 0.424. The number of nitrogens with one attached hydrogen (secondary N) is 1. The van der Waals surface area contributed by atoms with Crippen molar-refractivity contribution >= 4 is 16.9 Å². The number of hydrogen-bond acceptors (Lipinski definition) is 6. The summed E-state index contributed by atoms with van der Waals surface area (Å²) in [7, 11) is 0. The van der Waals surface area contributed by atoms with Gasteiger partial charge in [0.2, 0.25) is 0 Å². The van der Waals surface area contributed by atoms with E-state index in [9.17, 15) is 0 Å².